The molecular formula is C52H35NO2. The van der Waals surface area contributed by atoms with Crippen molar-refractivity contribution >= 4 is 71.6 Å². The molecule has 0 bridgehead atoms. The van der Waals surface area contributed by atoms with Crippen LogP contribution in [0.3, 0.4) is 0 Å². The maximum absolute atomic E-state index is 6.75. The molecule has 0 fully saturated rings. The Morgan fingerprint density at radius 1 is 0.455 bits per heavy atom. The van der Waals surface area contributed by atoms with Crippen molar-refractivity contribution in [2.75, 3.05) is 4.90 Å². The third kappa shape index (κ3) is 5.12. The first-order valence-electron chi connectivity index (χ1n) is 18.9. The minimum atomic E-state index is -0.0228. The van der Waals surface area contributed by atoms with Crippen molar-refractivity contribution in [3.63, 3.8) is 0 Å². The number of para-hydroxylation sites is 3. The summed E-state index contributed by atoms with van der Waals surface area (Å²) in [5.41, 5.74) is 13.0. The Morgan fingerprint density at radius 2 is 1.07 bits per heavy atom. The standard InChI is InChI=1S/C52H35NO2/c1-2-14-34(15-3-1)38-21-10-16-36-17-11-23-42(50(36)38)40-18-4-7-25-45(40)53(46-26-12-24-43-41-19-5-8-27-47(41)55-52(43)46)37-32-30-35(31-33-37)39-22-13-29-49-51(39)44-20-6-9-28-48(44)54-49/h1-24,26-33,45H,25H2. The fourth-order valence-corrected chi connectivity index (χ4v) is 8.80. The minimum absolute atomic E-state index is 0.0228. The fourth-order valence-electron chi connectivity index (χ4n) is 8.80. The maximum atomic E-state index is 6.75. The number of rotatable bonds is 6. The summed E-state index contributed by atoms with van der Waals surface area (Å²) in [4.78, 5) is 2.50. The molecule has 0 amide bonds. The SMILES string of the molecule is C1=CCC(N(c2ccc(-c3cccc4oc5ccccc5c34)cc2)c2cccc3c2oc2ccccc23)C(c2cccc3cccc(-c4ccccc4)c23)=C1. The van der Waals surface area contributed by atoms with Crippen LogP contribution in [-0.4, -0.2) is 6.04 Å². The van der Waals surface area contributed by atoms with E-state index in [9.17, 15) is 0 Å². The number of hydrogen-bond donors (Lipinski definition) is 0. The first-order chi connectivity index (χ1) is 27.3. The van der Waals surface area contributed by atoms with E-state index in [1.807, 2.05) is 18.2 Å². The fraction of sp³-hybridized carbons (Fsp3) is 0.0385. The van der Waals surface area contributed by atoms with Gasteiger partial charge in [0.15, 0.2) is 5.58 Å². The Morgan fingerprint density at radius 3 is 1.89 bits per heavy atom. The molecule has 0 N–H and O–H groups in total. The number of furan rings is 2. The second-order valence-electron chi connectivity index (χ2n) is 14.3. The van der Waals surface area contributed by atoms with E-state index in [1.165, 1.54) is 33.0 Å². The van der Waals surface area contributed by atoms with Crippen LogP contribution in [0.2, 0.25) is 0 Å². The van der Waals surface area contributed by atoms with Gasteiger partial charge in [0.1, 0.15) is 16.7 Å². The minimum Gasteiger partial charge on any atom is -0.456 e. The molecule has 1 aliphatic carbocycles. The Bertz CT molecular complexity index is 3120. The number of fused-ring (bicyclic) bond motifs is 7. The smallest absolute Gasteiger partial charge is 0.159 e. The zero-order valence-electron chi connectivity index (χ0n) is 30.0. The van der Waals surface area contributed by atoms with Crippen LogP contribution >= 0.6 is 0 Å². The van der Waals surface area contributed by atoms with Gasteiger partial charge >= 0.3 is 0 Å². The molecular weight excluding hydrogens is 671 g/mol. The average Bonchev–Trinajstić information content (AvgIpc) is 3.83. The Hall–Kier alpha value is -7.10. The maximum Gasteiger partial charge on any atom is 0.159 e. The molecule has 0 saturated heterocycles. The second-order valence-corrected chi connectivity index (χ2v) is 14.3. The van der Waals surface area contributed by atoms with E-state index in [4.69, 9.17) is 8.83 Å². The topological polar surface area (TPSA) is 29.5 Å². The molecule has 1 aliphatic rings. The monoisotopic (exact) mass is 705 g/mol. The van der Waals surface area contributed by atoms with Crippen molar-refractivity contribution in [2.45, 2.75) is 12.5 Å². The highest BCUT2D eigenvalue weighted by molar-refractivity contribution is 6.13. The van der Waals surface area contributed by atoms with Crippen molar-refractivity contribution in [3.05, 3.63) is 200 Å². The van der Waals surface area contributed by atoms with E-state index in [2.05, 4.69) is 181 Å². The summed E-state index contributed by atoms with van der Waals surface area (Å²) >= 11 is 0. The van der Waals surface area contributed by atoms with E-state index >= 15 is 0 Å². The predicted octanol–water partition coefficient (Wildman–Crippen LogP) is 14.5. The quantitative estimate of drug-likeness (QED) is 0.172. The van der Waals surface area contributed by atoms with E-state index in [1.54, 1.807) is 0 Å². The Balaban J connectivity index is 1.11. The van der Waals surface area contributed by atoms with Crippen LogP contribution < -0.4 is 4.90 Å². The summed E-state index contributed by atoms with van der Waals surface area (Å²) in [6.45, 7) is 0. The predicted molar refractivity (Wildman–Crippen MR) is 230 cm³/mol. The summed E-state index contributed by atoms with van der Waals surface area (Å²) in [6.07, 6.45) is 7.65. The molecule has 1 unspecified atom stereocenters. The van der Waals surface area contributed by atoms with Crippen LogP contribution in [-0.2, 0) is 0 Å². The van der Waals surface area contributed by atoms with Gasteiger partial charge in [-0.15, -0.1) is 0 Å². The largest absolute Gasteiger partial charge is 0.456 e. The van der Waals surface area contributed by atoms with Gasteiger partial charge < -0.3 is 13.7 Å². The third-order valence-corrected chi connectivity index (χ3v) is 11.2. The zero-order valence-corrected chi connectivity index (χ0v) is 30.0. The van der Waals surface area contributed by atoms with E-state index < -0.39 is 0 Å². The lowest BCUT2D eigenvalue weighted by molar-refractivity contribution is 0.665. The molecule has 3 nitrogen and oxygen atoms in total. The first kappa shape index (κ1) is 31.4. The van der Waals surface area contributed by atoms with Crippen LogP contribution in [0.1, 0.15) is 12.0 Å². The number of anilines is 2. The number of allylic oxidation sites excluding steroid dienone is 2. The van der Waals surface area contributed by atoms with Crippen LogP contribution in [0, 0.1) is 0 Å². The highest BCUT2D eigenvalue weighted by Gasteiger charge is 2.30. The van der Waals surface area contributed by atoms with E-state index in [-0.39, 0.29) is 6.04 Å². The molecule has 0 saturated carbocycles. The van der Waals surface area contributed by atoms with E-state index in [0.29, 0.717) is 0 Å². The van der Waals surface area contributed by atoms with Crippen molar-refractivity contribution in [3.8, 4) is 22.3 Å². The van der Waals surface area contributed by atoms with Gasteiger partial charge in [-0.1, -0.05) is 158 Å². The molecule has 10 aromatic rings. The molecule has 3 heteroatoms. The Labute approximate surface area is 318 Å². The molecule has 0 aliphatic heterocycles. The summed E-state index contributed by atoms with van der Waals surface area (Å²) in [5.74, 6) is 0. The lowest BCUT2D eigenvalue weighted by Gasteiger charge is -2.37. The second kappa shape index (κ2) is 12.8. The van der Waals surface area contributed by atoms with Gasteiger partial charge in [-0.2, -0.15) is 0 Å². The van der Waals surface area contributed by atoms with Crippen LogP contribution in [0.4, 0.5) is 11.4 Å². The first-order valence-corrected chi connectivity index (χ1v) is 18.9. The number of nitrogens with zero attached hydrogens (tertiary/aromatic N) is 1. The van der Waals surface area contributed by atoms with Crippen molar-refractivity contribution < 1.29 is 8.83 Å². The van der Waals surface area contributed by atoms with Crippen LogP contribution in [0.15, 0.2) is 203 Å². The van der Waals surface area contributed by atoms with Gasteiger partial charge in [0, 0.05) is 27.2 Å². The van der Waals surface area contributed by atoms with Crippen molar-refractivity contribution in [1.29, 1.82) is 0 Å². The summed E-state index contributed by atoms with van der Waals surface area (Å²) in [6, 6.07) is 62.7. The molecule has 2 aromatic heterocycles. The van der Waals surface area contributed by atoms with Crippen LogP contribution in [0.5, 0.6) is 0 Å². The molecule has 8 aromatic carbocycles. The highest BCUT2D eigenvalue weighted by Crippen LogP contribution is 2.46. The summed E-state index contributed by atoms with van der Waals surface area (Å²) in [7, 11) is 0. The molecule has 260 valence electrons. The number of benzene rings is 8. The van der Waals surface area contributed by atoms with Gasteiger partial charge in [-0.05, 0) is 87.0 Å². The molecule has 0 radical (unpaired) electrons. The van der Waals surface area contributed by atoms with Gasteiger partial charge in [0.25, 0.3) is 0 Å². The lowest BCUT2D eigenvalue weighted by atomic mass is 9.85. The van der Waals surface area contributed by atoms with Gasteiger partial charge in [-0.3, -0.25) is 0 Å². The lowest BCUT2D eigenvalue weighted by Crippen LogP contribution is -2.33. The molecule has 1 atom stereocenters. The van der Waals surface area contributed by atoms with Gasteiger partial charge in [0.2, 0.25) is 0 Å². The van der Waals surface area contributed by atoms with Gasteiger partial charge in [-0.25, -0.2) is 0 Å². The van der Waals surface area contributed by atoms with Gasteiger partial charge in [0.05, 0.1) is 11.7 Å². The van der Waals surface area contributed by atoms with Crippen molar-refractivity contribution in [1.82, 2.24) is 0 Å². The van der Waals surface area contributed by atoms with E-state index in [0.717, 1.165) is 72.8 Å². The third-order valence-electron chi connectivity index (χ3n) is 11.2. The Kier molecular flexibility index (Phi) is 7.31. The highest BCUT2D eigenvalue weighted by atomic mass is 16.3. The summed E-state index contributed by atoms with van der Waals surface area (Å²) < 4.78 is 13.0. The normalized spacial score (nSPS) is 14.3. The molecule has 55 heavy (non-hydrogen) atoms. The van der Waals surface area contributed by atoms with Crippen molar-refractivity contribution in [2.24, 2.45) is 0 Å². The average molecular weight is 706 g/mol. The number of hydrogen-bond acceptors (Lipinski definition) is 3. The molecule has 11 rings (SSSR count). The molecule has 2 heterocycles. The zero-order chi connectivity index (χ0) is 36.3. The summed E-state index contributed by atoms with van der Waals surface area (Å²) in [5, 5.41) is 6.99. The van der Waals surface area contributed by atoms with Crippen LogP contribution in [0.25, 0.3) is 82.5 Å². The molecule has 0 spiro atoms.